The number of likely N-dealkylation sites (N-methyl/N-ethyl adjacent to an activating group) is 1. The Morgan fingerprint density at radius 2 is 1.76 bits per heavy atom. The van der Waals surface area contributed by atoms with Crippen LogP contribution in [0, 0.1) is 0 Å². The molecule has 0 unspecified atom stereocenters. The summed E-state index contributed by atoms with van der Waals surface area (Å²) >= 11 is 4.94. The molecule has 1 fully saturated rings. The third-order valence-electron chi connectivity index (χ3n) is 3.76. The molecule has 5 nitrogen and oxygen atoms in total. The minimum absolute atomic E-state index is 0.0202. The van der Waals surface area contributed by atoms with Crippen molar-refractivity contribution in [1.82, 2.24) is 10.2 Å². The standard InChI is InChI=1S/C19H16N2O3S/c1-21-18(23)15(17(22)20-19(21)25)11-14-9-5-6-10-16(14)24-12-13-7-3-2-4-8-13/h2-11H,12H2,1H3,(H,20,22,25)/b15-11+. The number of para-hydroxylation sites is 1. The number of hydrogen-bond donors (Lipinski definition) is 1. The number of amides is 2. The Morgan fingerprint density at radius 1 is 1.08 bits per heavy atom. The number of nitrogens with one attached hydrogen (secondary N) is 1. The number of carbonyl (C=O) groups excluding carboxylic acids is 2. The lowest BCUT2D eigenvalue weighted by Gasteiger charge is -2.25. The fraction of sp³-hybridized carbons (Fsp3) is 0.105. The van der Waals surface area contributed by atoms with E-state index >= 15 is 0 Å². The van der Waals surface area contributed by atoms with Crippen molar-refractivity contribution < 1.29 is 14.3 Å². The Morgan fingerprint density at radius 3 is 2.52 bits per heavy atom. The lowest BCUT2D eigenvalue weighted by Crippen LogP contribution is -2.52. The van der Waals surface area contributed by atoms with Crippen LogP contribution in [0.4, 0.5) is 0 Å². The number of thiocarbonyl (C=S) groups is 1. The third kappa shape index (κ3) is 3.75. The van der Waals surface area contributed by atoms with Gasteiger partial charge in [0.2, 0.25) is 0 Å². The molecule has 1 aliphatic heterocycles. The highest BCUT2D eigenvalue weighted by Gasteiger charge is 2.30. The average Bonchev–Trinajstić information content (AvgIpc) is 2.63. The lowest BCUT2D eigenvalue weighted by molar-refractivity contribution is -0.128. The molecule has 0 atom stereocenters. The zero-order valence-corrected chi connectivity index (χ0v) is 14.4. The minimum atomic E-state index is -0.508. The molecular weight excluding hydrogens is 336 g/mol. The Labute approximate surface area is 150 Å². The predicted octanol–water partition coefficient (Wildman–Crippen LogP) is 2.52. The van der Waals surface area contributed by atoms with Gasteiger partial charge in [-0.05, 0) is 29.9 Å². The first-order valence-corrected chi connectivity index (χ1v) is 8.08. The van der Waals surface area contributed by atoms with Gasteiger partial charge in [0, 0.05) is 12.6 Å². The van der Waals surface area contributed by atoms with Gasteiger partial charge in [-0.25, -0.2) is 0 Å². The monoisotopic (exact) mass is 352 g/mol. The van der Waals surface area contributed by atoms with Gasteiger partial charge in [0.05, 0.1) is 0 Å². The van der Waals surface area contributed by atoms with Crippen LogP contribution in [0.1, 0.15) is 11.1 Å². The highest BCUT2D eigenvalue weighted by Crippen LogP contribution is 2.23. The van der Waals surface area contributed by atoms with Crippen molar-refractivity contribution in [3.8, 4) is 5.75 Å². The van der Waals surface area contributed by atoms with Crippen LogP contribution in [0.25, 0.3) is 6.08 Å². The summed E-state index contributed by atoms with van der Waals surface area (Å²) in [6.45, 7) is 0.394. The van der Waals surface area contributed by atoms with Crippen LogP contribution in [0.3, 0.4) is 0 Å². The number of rotatable bonds is 4. The quantitative estimate of drug-likeness (QED) is 0.522. The molecule has 1 N–H and O–H groups in total. The maximum Gasteiger partial charge on any atom is 0.265 e. The number of hydrogen-bond acceptors (Lipinski definition) is 4. The Hall–Kier alpha value is -2.99. The number of benzene rings is 2. The SMILES string of the molecule is CN1C(=O)/C(=C/c2ccccc2OCc2ccccc2)C(=O)NC1=S. The van der Waals surface area contributed by atoms with E-state index in [2.05, 4.69) is 5.32 Å². The first-order chi connectivity index (χ1) is 12.1. The van der Waals surface area contributed by atoms with Crippen LogP contribution in [-0.4, -0.2) is 28.9 Å². The molecule has 2 amide bonds. The molecule has 0 bridgehead atoms. The van der Waals surface area contributed by atoms with Gasteiger partial charge in [-0.1, -0.05) is 48.5 Å². The van der Waals surface area contributed by atoms with Gasteiger partial charge in [-0.2, -0.15) is 0 Å². The van der Waals surface area contributed by atoms with E-state index in [9.17, 15) is 9.59 Å². The van der Waals surface area contributed by atoms with Gasteiger partial charge < -0.3 is 4.74 Å². The van der Waals surface area contributed by atoms with Crippen molar-refractivity contribution >= 4 is 35.2 Å². The van der Waals surface area contributed by atoms with Crippen molar-refractivity contribution in [2.24, 2.45) is 0 Å². The molecule has 6 heteroatoms. The van der Waals surface area contributed by atoms with E-state index in [0.29, 0.717) is 17.9 Å². The van der Waals surface area contributed by atoms with Gasteiger partial charge in [-0.3, -0.25) is 19.8 Å². The third-order valence-corrected chi connectivity index (χ3v) is 4.14. The summed E-state index contributed by atoms with van der Waals surface area (Å²) in [5, 5.41) is 2.59. The first-order valence-electron chi connectivity index (χ1n) is 7.67. The maximum absolute atomic E-state index is 12.3. The molecule has 1 heterocycles. The molecule has 0 saturated carbocycles. The van der Waals surface area contributed by atoms with E-state index in [0.717, 1.165) is 5.56 Å². The first kappa shape index (κ1) is 16.9. The molecule has 126 valence electrons. The lowest BCUT2D eigenvalue weighted by atomic mass is 10.1. The highest BCUT2D eigenvalue weighted by atomic mass is 32.1. The summed E-state index contributed by atoms with van der Waals surface area (Å²) < 4.78 is 5.86. The van der Waals surface area contributed by atoms with E-state index in [-0.39, 0.29) is 10.7 Å². The van der Waals surface area contributed by atoms with E-state index in [1.807, 2.05) is 42.5 Å². The zero-order chi connectivity index (χ0) is 17.8. The molecule has 1 saturated heterocycles. The van der Waals surface area contributed by atoms with Crippen LogP contribution in [0.5, 0.6) is 5.75 Å². The smallest absolute Gasteiger partial charge is 0.265 e. The summed E-state index contributed by atoms with van der Waals surface area (Å²) in [5.74, 6) is -0.354. The van der Waals surface area contributed by atoms with Gasteiger partial charge in [0.25, 0.3) is 11.8 Å². The molecule has 2 aromatic carbocycles. The molecule has 0 spiro atoms. The largest absolute Gasteiger partial charge is 0.488 e. The fourth-order valence-electron chi connectivity index (χ4n) is 2.37. The number of carbonyl (C=O) groups is 2. The minimum Gasteiger partial charge on any atom is -0.488 e. The maximum atomic E-state index is 12.3. The Bertz CT molecular complexity index is 862. The molecule has 2 aromatic rings. The average molecular weight is 352 g/mol. The molecule has 25 heavy (non-hydrogen) atoms. The van der Waals surface area contributed by atoms with E-state index in [1.165, 1.54) is 18.0 Å². The molecule has 0 aliphatic carbocycles. The summed E-state index contributed by atoms with van der Waals surface area (Å²) in [6.07, 6.45) is 1.52. The van der Waals surface area contributed by atoms with Crippen LogP contribution in [0.15, 0.2) is 60.2 Å². The van der Waals surface area contributed by atoms with E-state index in [1.54, 1.807) is 12.1 Å². The summed E-state index contributed by atoms with van der Waals surface area (Å²) in [6, 6.07) is 17.0. The van der Waals surface area contributed by atoms with E-state index in [4.69, 9.17) is 17.0 Å². The van der Waals surface area contributed by atoms with Crippen molar-refractivity contribution in [2.45, 2.75) is 6.61 Å². The molecular formula is C19H16N2O3S. The second-order valence-electron chi connectivity index (χ2n) is 5.49. The van der Waals surface area contributed by atoms with Crippen molar-refractivity contribution in [2.75, 3.05) is 7.05 Å². The Balaban J connectivity index is 1.86. The van der Waals surface area contributed by atoms with Crippen LogP contribution in [0.2, 0.25) is 0 Å². The normalized spacial score (nSPS) is 16.1. The number of ether oxygens (including phenoxy) is 1. The summed E-state index contributed by atoms with van der Waals surface area (Å²) in [5.41, 5.74) is 1.70. The van der Waals surface area contributed by atoms with Gasteiger partial charge in [-0.15, -0.1) is 0 Å². The number of nitrogens with zero attached hydrogens (tertiary/aromatic N) is 1. The van der Waals surface area contributed by atoms with Gasteiger partial charge >= 0.3 is 0 Å². The molecule has 3 rings (SSSR count). The van der Waals surface area contributed by atoms with Crippen LogP contribution in [-0.2, 0) is 16.2 Å². The van der Waals surface area contributed by atoms with Crippen molar-refractivity contribution in [3.63, 3.8) is 0 Å². The van der Waals surface area contributed by atoms with E-state index < -0.39 is 11.8 Å². The Kier molecular flexibility index (Phi) is 4.90. The summed E-state index contributed by atoms with van der Waals surface area (Å²) in [4.78, 5) is 25.6. The van der Waals surface area contributed by atoms with Crippen LogP contribution >= 0.6 is 12.2 Å². The zero-order valence-electron chi connectivity index (χ0n) is 13.6. The van der Waals surface area contributed by atoms with Crippen LogP contribution < -0.4 is 10.1 Å². The van der Waals surface area contributed by atoms with Gasteiger partial charge in [0.15, 0.2) is 5.11 Å². The summed E-state index contributed by atoms with van der Waals surface area (Å²) in [7, 11) is 1.52. The fourth-order valence-corrected chi connectivity index (χ4v) is 2.54. The molecule has 0 radical (unpaired) electrons. The van der Waals surface area contributed by atoms with Crippen molar-refractivity contribution in [3.05, 3.63) is 71.3 Å². The highest BCUT2D eigenvalue weighted by molar-refractivity contribution is 7.80. The predicted molar refractivity (Wildman–Crippen MR) is 98.7 cm³/mol. The second kappa shape index (κ2) is 7.27. The molecule has 1 aliphatic rings. The second-order valence-corrected chi connectivity index (χ2v) is 5.88. The topological polar surface area (TPSA) is 58.6 Å². The van der Waals surface area contributed by atoms with Gasteiger partial charge in [0.1, 0.15) is 17.9 Å². The molecule has 0 aromatic heterocycles. The van der Waals surface area contributed by atoms with Crippen molar-refractivity contribution in [1.29, 1.82) is 0 Å².